The molecule has 0 unspecified atom stereocenters. The van der Waals surface area contributed by atoms with Gasteiger partial charge in [-0.15, -0.1) is 0 Å². The van der Waals surface area contributed by atoms with Crippen LogP contribution in [0.15, 0.2) is 48.5 Å². The first-order chi connectivity index (χ1) is 32.6. The Morgan fingerprint density at radius 3 is 2.03 bits per heavy atom. The van der Waals surface area contributed by atoms with E-state index >= 15 is 0 Å². The smallest absolute Gasteiger partial charge is 0.445 e. The van der Waals surface area contributed by atoms with Crippen molar-refractivity contribution in [2.75, 3.05) is 34.9 Å². The lowest BCUT2D eigenvalue weighted by Crippen LogP contribution is -2.60. The lowest BCUT2D eigenvalue weighted by Gasteiger charge is -2.41. The Morgan fingerprint density at radius 2 is 1.50 bits per heavy atom. The number of aliphatic hydroxyl groups is 1. The van der Waals surface area contributed by atoms with Gasteiger partial charge in [-0.05, 0) is 66.2 Å². The number of carbonyl (C=O) groups is 5. The van der Waals surface area contributed by atoms with Crippen LogP contribution in [-0.2, 0) is 55.8 Å². The summed E-state index contributed by atoms with van der Waals surface area (Å²) in [6, 6.07) is 9.85. The zero-order valence-electron chi connectivity index (χ0n) is 43.9. The van der Waals surface area contributed by atoms with Crippen LogP contribution in [0.4, 0.5) is 4.79 Å². The van der Waals surface area contributed by atoms with Gasteiger partial charge in [-0.2, -0.15) is 8.42 Å². The van der Waals surface area contributed by atoms with Gasteiger partial charge in [0.1, 0.15) is 24.4 Å². The fourth-order valence-corrected chi connectivity index (χ4v) is 9.75. The molecule has 0 bridgehead atoms. The number of nitrogens with zero attached hydrogens (tertiary/aromatic N) is 3. The minimum absolute atomic E-state index is 0.0714. The van der Waals surface area contributed by atoms with Gasteiger partial charge in [0.25, 0.3) is 0 Å². The van der Waals surface area contributed by atoms with Gasteiger partial charge in [-0.3, -0.25) is 28.6 Å². The zero-order valence-corrected chi connectivity index (χ0v) is 44.7. The summed E-state index contributed by atoms with van der Waals surface area (Å²) < 4.78 is 54.6. The van der Waals surface area contributed by atoms with Crippen LogP contribution in [0.1, 0.15) is 125 Å². The SMILES string of the molecule is CC[C@H](C)[C@@H]([C@@H](CC(=O)N1CCC[C@H]1[C@H](OC)[C@@H](C)C(=O)N[C@H](C)[C@@H](O)c1ccccc1)OC)N(C)C(=O)[C@@H](NC(=O)[C@H](C(C)C)N(C)C(=O)OCc1ccc(OS(=O)(=O)O)c(C(C)(C)C)c1)C(C)C. The quantitative estimate of drug-likeness (QED) is 0.0878. The zero-order chi connectivity index (χ0) is 53.0. The second-order valence-electron chi connectivity index (χ2n) is 20.4. The number of ether oxygens (including phenoxy) is 3. The van der Waals surface area contributed by atoms with Crippen molar-refractivity contribution < 1.29 is 60.4 Å². The highest BCUT2D eigenvalue weighted by atomic mass is 32.3. The third kappa shape index (κ3) is 15.8. The number of carbonyl (C=O) groups excluding carboxylic acids is 5. The minimum Gasteiger partial charge on any atom is -0.445 e. The van der Waals surface area contributed by atoms with Crippen molar-refractivity contribution in [1.82, 2.24) is 25.3 Å². The van der Waals surface area contributed by atoms with Gasteiger partial charge in [-0.25, -0.2) is 4.79 Å². The Kier molecular flexibility index (Phi) is 22.1. The molecule has 394 valence electrons. The van der Waals surface area contributed by atoms with Gasteiger partial charge in [0.15, 0.2) is 0 Å². The Bertz CT molecular complexity index is 2170. The van der Waals surface area contributed by atoms with Crippen LogP contribution in [0.2, 0.25) is 0 Å². The molecule has 0 spiro atoms. The van der Waals surface area contributed by atoms with Crippen LogP contribution in [-0.4, -0.2) is 140 Å². The summed E-state index contributed by atoms with van der Waals surface area (Å²) in [5, 5.41) is 16.8. The van der Waals surface area contributed by atoms with E-state index in [1.807, 2.05) is 52.8 Å². The number of amides is 5. The molecule has 18 nitrogen and oxygen atoms in total. The van der Waals surface area contributed by atoms with E-state index in [0.29, 0.717) is 42.5 Å². The molecule has 0 aliphatic carbocycles. The van der Waals surface area contributed by atoms with Crippen molar-refractivity contribution in [1.29, 1.82) is 0 Å². The average Bonchev–Trinajstić information content (AvgIpc) is 3.78. The van der Waals surface area contributed by atoms with Crippen LogP contribution < -0.4 is 14.8 Å². The molecule has 0 radical (unpaired) electrons. The fraction of sp³-hybridized carbons (Fsp3) is 0.667. The van der Waals surface area contributed by atoms with Gasteiger partial charge in [0, 0.05) is 40.4 Å². The lowest BCUT2D eigenvalue weighted by molar-refractivity contribution is -0.148. The van der Waals surface area contributed by atoms with Crippen molar-refractivity contribution in [3.63, 3.8) is 0 Å². The summed E-state index contributed by atoms with van der Waals surface area (Å²) in [6.45, 7) is 20.3. The van der Waals surface area contributed by atoms with E-state index in [4.69, 9.17) is 18.4 Å². The van der Waals surface area contributed by atoms with E-state index < -0.39 is 100.0 Å². The predicted molar refractivity (Wildman–Crippen MR) is 266 cm³/mol. The van der Waals surface area contributed by atoms with E-state index in [2.05, 4.69) is 10.6 Å². The molecule has 0 aromatic heterocycles. The highest BCUT2D eigenvalue weighted by Gasteiger charge is 2.44. The molecule has 19 heteroatoms. The normalized spacial score (nSPS) is 18.2. The Morgan fingerprint density at radius 1 is 0.871 bits per heavy atom. The number of nitrogens with one attached hydrogen (secondary N) is 2. The monoisotopic (exact) mass is 1000 g/mol. The first-order valence-electron chi connectivity index (χ1n) is 24.2. The summed E-state index contributed by atoms with van der Waals surface area (Å²) in [5.41, 5.74) is 1.00. The van der Waals surface area contributed by atoms with Crippen molar-refractivity contribution in [3.8, 4) is 5.75 Å². The van der Waals surface area contributed by atoms with Gasteiger partial charge in [0.05, 0.1) is 48.8 Å². The van der Waals surface area contributed by atoms with Crippen molar-refractivity contribution in [2.24, 2.45) is 23.7 Å². The maximum atomic E-state index is 14.6. The summed E-state index contributed by atoms with van der Waals surface area (Å²) >= 11 is 0. The van der Waals surface area contributed by atoms with Crippen LogP contribution in [0.25, 0.3) is 0 Å². The first-order valence-corrected chi connectivity index (χ1v) is 25.6. The molecule has 1 heterocycles. The Labute approximate surface area is 416 Å². The van der Waals surface area contributed by atoms with E-state index in [9.17, 15) is 42.0 Å². The maximum Gasteiger partial charge on any atom is 0.446 e. The van der Waals surface area contributed by atoms with Crippen LogP contribution in [0.5, 0.6) is 5.75 Å². The molecule has 3 rings (SSSR count). The summed E-state index contributed by atoms with van der Waals surface area (Å²) in [6.07, 6.45) is -1.26. The number of rotatable bonds is 24. The summed E-state index contributed by atoms with van der Waals surface area (Å²) in [7, 11) is 1.31. The number of aliphatic hydroxyl groups excluding tert-OH is 1. The molecule has 1 fully saturated rings. The molecule has 0 saturated carbocycles. The molecule has 1 saturated heterocycles. The van der Waals surface area contributed by atoms with Crippen LogP contribution >= 0.6 is 0 Å². The molecular weight excluding hydrogens is 923 g/mol. The number of likely N-dealkylation sites (N-methyl/N-ethyl adjacent to an activating group) is 2. The summed E-state index contributed by atoms with van der Waals surface area (Å²) in [5.74, 6) is -3.22. The van der Waals surface area contributed by atoms with E-state index in [1.165, 1.54) is 38.3 Å². The molecular formula is C51H81N5O13S. The number of methoxy groups -OCH3 is 2. The second kappa shape index (κ2) is 26.0. The largest absolute Gasteiger partial charge is 0.446 e. The molecule has 2 aromatic carbocycles. The van der Waals surface area contributed by atoms with Crippen LogP contribution in [0, 0.1) is 23.7 Å². The van der Waals surface area contributed by atoms with Gasteiger partial charge < -0.3 is 43.9 Å². The minimum atomic E-state index is -4.79. The molecule has 70 heavy (non-hydrogen) atoms. The number of hydrogen-bond acceptors (Lipinski definition) is 12. The third-order valence-corrected chi connectivity index (χ3v) is 13.9. The van der Waals surface area contributed by atoms with Gasteiger partial charge >= 0.3 is 16.5 Å². The highest BCUT2D eigenvalue weighted by Crippen LogP contribution is 2.34. The number of hydrogen-bond donors (Lipinski definition) is 4. The molecule has 10 atom stereocenters. The maximum absolute atomic E-state index is 14.6. The van der Waals surface area contributed by atoms with E-state index in [0.717, 1.165) is 0 Å². The van der Waals surface area contributed by atoms with Crippen molar-refractivity contribution in [2.45, 2.75) is 162 Å². The van der Waals surface area contributed by atoms with Crippen molar-refractivity contribution in [3.05, 3.63) is 65.2 Å². The molecule has 1 aliphatic heterocycles. The average molecular weight is 1000 g/mol. The van der Waals surface area contributed by atoms with Gasteiger partial charge in [-0.1, -0.05) is 112 Å². The highest BCUT2D eigenvalue weighted by molar-refractivity contribution is 7.81. The van der Waals surface area contributed by atoms with E-state index in [-0.39, 0.29) is 36.5 Å². The molecule has 4 N–H and O–H groups in total. The lowest BCUT2D eigenvalue weighted by atomic mass is 9.85. The standard InChI is InChI=1S/C51H81N5O13S/c1-16-32(6)44(40(66-14)28-41(57)56-26-20-23-38(56)46(67-15)33(7)47(59)52-34(8)45(58)36-21-18-17-19-22-36)54(12)49(61)42(30(2)3)53-48(60)43(31(4)5)55(13)50(62)68-29-35-24-25-39(69-70(63,64)65)37(27-35)51(9,10)11/h17-19,21-22,24-25,27,30-34,38,40,42-46,58H,16,20,23,26,28-29H2,1-15H3,(H,52,59)(H,53,60)(H,63,64,65)/t32-,33+,34+,38-,40+,42-,43-,44-,45+,46+/m0/s1. The van der Waals surface area contributed by atoms with Crippen LogP contribution in [0.3, 0.4) is 0 Å². The first kappa shape index (κ1) is 59.5. The third-order valence-electron chi connectivity index (χ3n) is 13.5. The fourth-order valence-electron chi connectivity index (χ4n) is 9.38. The Balaban J connectivity index is 1.77. The summed E-state index contributed by atoms with van der Waals surface area (Å²) in [4.78, 5) is 74.8. The van der Waals surface area contributed by atoms with Gasteiger partial charge in [0.2, 0.25) is 23.6 Å². The Hall–Kier alpha value is -4.82. The topological polar surface area (TPSA) is 231 Å². The molecule has 2 aromatic rings. The molecule has 1 aliphatic rings. The molecule has 5 amide bonds. The van der Waals surface area contributed by atoms with Crippen molar-refractivity contribution >= 4 is 40.1 Å². The van der Waals surface area contributed by atoms with E-state index in [1.54, 1.807) is 76.6 Å². The number of benzene rings is 2. The second-order valence-corrected chi connectivity index (χ2v) is 21.4. The predicted octanol–water partition coefficient (Wildman–Crippen LogP) is 6.06. The number of likely N-dealkylation sites (tertiary alicyclic amines) is 1.